The van der Waals surface area contributed by atoms with Crippen LogP contribution in [0.3, 0.4) is 0 Å². The van der Waals surface area contributed by atoms with Gasteiger partial charge in [-0.25, -0.2) is 18.0 Å². The van der Waals surface area contributed by atoms with Crippen molar-refractivity contribution < 1.29 is 27.8 Å². The molecule has 0 bridgehead atoms. The molecule has 0 unspecified atom stereocenters. The van der Waals surface area contributed by atoms with E-state index in [1.54, 1.807) is 0 Å². The van der Waals surface area contributed by atoms with Gasteiger partial charge in [0.25, 0.3) is 0 Å². The van der Waals surface area contributed by atoms with Crippen molar-refractivity contribution in [3.63, 3.8) is 0 Å². The molecule has 0 aliphatic rings. The summed E-state index contributed by atoms with van der Waals surface area (Å²) in [6, 6.07) is 6.42. The van der Waals surface area contributed by atoms with Crippen LogP contribution < -0.4 is 10.2 Å². The zero-order valence-electron chi connectivity index (χ0n) is 12.7. The second-order valence-corrected chi connectivity index (χ2v) is 5.13. The normalized spacial score (nSPS) is 10.9. The highest BCUT2D eigenvalue weighted by molar-refractivity contribution is 5.93. The molecule has 25 heavy (non-hydrogen) atoms. The molecule has 0 atom stereocenters. The van der Waals surface area contributed by atoms with Crippen LogP contribution in [-0.2, 0) is 0 Å². The standard InChI is InChI=1S/C17H10F3NO4/c1-25-9-4-2-8(3-5-9)21-7-11(17(23)24)16(22)10-6-12(18)13(19)14(20)15(10)21/h2-7H,1H3,(H,23,24). The Morgan fingerprint density at radius 3 is 2.32 bits per heavy atom. The summed E-state index contributed by atoms with van der Waals surface area (Å²) in [6.07, 6.45) is 0.870. The highest BCUT2D eigenvalue weighted by atomic mass is 19.2. The van der Waals surface area contributed by atoms with Crippen LogP contribution in [0, 0.1) is 17.5 Å². The number of rotatable bonds is 3. The molecule has 128 valence electrons. The number of aromatic carboxylic acids is 1. The van der Waals surface area contributed by atoms with Crippen LogP contribution >= 0.6 is 0 Å². The van der Waals surface area contributed by atoms with Crippen molar-refractivity contribution in [2.24, 2.45) is 0 Å². The summed E-state index contributed by atoms with van der Waals surface area (Å²) >= 11 is 0. The van der Waals surface area contributed by atoms with E-state index in [0.717, 1.165) is 10.8 Å². The van der Waals surface area contributed by atoms with Crippen LogP contribution in [0.5, 0.6) is 5.75 Å². The molecule has 3 aromatic rings. The number of benzene rings is 2. The number of carboxylic acid groups (broad SMARTS) is 1. The lowest BCUT2D eigenvalue weighted by Gasteiger charge is -2.14. The number of ether oxygens (including phenoxy) is 1. The summed E-state index contributed by atoms with van der Waals surface area (Å²) in [5.74, 6) is -6.01. The molecule has 0 aliphatic carbocycles. The van der Waals surface area contributed by atoms with Crippen molar-refractivity contribution in [2.75, 3.05) is 7.11 Å². The SMILES string of the molecule is COc1ccc(-n2cc(C(=O)O)c(=O)c3cc(F)c(F)c(F)c32)cc1. The van der Waals surface area contributed by atoms with Crippen LogP contribution in [-0.4, -0.2) is 22.8 Å². The van der Waals surface area contributed by atoms with Gasteiger partial charge in [-0.2, -0.15) is 0 Å². The van der Waals surface area contributed by atoms with Crippen LogP contribution in [0.15, 0.2) is 41.3 Å². The fourth-order valence-electron chi connectivity index (χ4n) is 2.49. The molecule has 0 saturated carbocycles. The number of fused-ring (bicyclic) bond motifs is 1. The summed E-state index contributed by atoms with van der Waals surface area (Å²) in [7, 11) is 1.43. The summed E-state index contributed by atoms with van der Waals surface area (Å²) < 4.78 is 47.5. The number of aromatic nitrogens is 1. The number of carbonyl (C=O) groups is 1. The molecule has 2 aromatic carbocycles. The van der Waals surface area contributed by atoms with Crippen molar-refractivity contribution in [3.05, 3.63) is 69.8 Å². The van der Waals surface area contributed by atoms with E-state index >= 15 is 0 Å². The average molecular weight is 349 g/mol. The number of methoxy groups -OCH3 is 1. The van der Waals surface area contributed by atoms with Gasteiger partial charge < -0.3 is 14.4 Å². The fourth-order valence-corrected chi connectivity index (χ4v) is 2.49. The third kappa shape index (κ3) is 2.61. The monoisotopic (exact) mass is 349 g/mol. The Balaban J connectivity index is 2.47. The molecule has 0 amide bonds. The third-order valence-electron chi connectivity index (χ3n) is 3.71. The smallest absolute Gasteiger partial charge is 0.341 e. The molecule has 8 heteroatoms. The predicted octanol–water partition coefficient (Wildman–Crippen LogP) is 3.11. The maximum atomic E-state index is 14.3. The lowest BCUT2D eigenvalue weighted by atomic mass is 10.1. The molecular formula is C17H10F3NO4. The molecular weight excluding hydrogens is 339 g/mol. The molecule has 1 N–H and O–H groups in total. The minimum atomic E-state index is -1.75. The van der Waals surface area contributed by atoms with Crippen molar-refractivity contribution in [2.45, 2.75) is 0 Å². The van der Waals surface area contributed by atoms with E-state index in [4.69, 9.17) is 4.74 Å². The van der Waals surface area contributed by atoms with Crippen molar-refractivity contribution in [3.8, 4) is 11.4 Å². The Bertz CT molecular complexity index is 1060. The molecule has 3 rings (SSSR count). The number of carboxylic acids is 1. The first kappa shape index (κ1) is 16.6. The number of hydrogen-bond acceptors (Lipinski definition) is 3. The molecule has 0 fully saturated rings. The minimum absolute atomic E-state index is 0.234. The maximum absolute atomic E-state index is 14.3. The van der Waals surface area contributed by atoms with Gasteiger partial charge in [0, 0.05) is 11.9 Å². The topological polar surface area (TPSA) is 68.5 Å². The summed E-state index contributed by atoms with van der Waals surface area (Å²) in [5, 5.41) is 8.60. The Labute approximate surface area is 138 Å². The third-order valence-corrected chi connectivity index (χ3v) is 3.71. The van der Waals surface area contributed by atoms with Crippen LogP contribution in [0.25, 0.3) is 16.6 Å². The number of nitrogens with zero attached hydrogens (tertiary/aromatic N) is 1. The zero-order chi connectivity index (χ0) is 18.3. The van der Waals surface area contributed by atoms with Crippen LogP contribution in [0.4, 0.5) is 13.2 Å². The number of halogens is 3. The first-order valence-electron chi connectivity index (χ1n) is 6.95. The van der Waals surface area contributed by atoms with Crippen LogP contribution in [0.1, 0.15) is 10.4 Å². The quantitative estimate of drug-likeness (QED) is 0.738. The lowest BCUT2D eigenvalue weighted by Crippen LogP contribution is -2.20. The molecule has 1 heterocycles. The van der Waals surface area contributed by atoms with Crippen molar-refractivity contribution >= 4 is 16.9 Å². The molecule has 5 nitrogen and oxygen atoms in total. The highest BCUT2D eigenvalue weighted by Gasteiger charge is 2.22. The Morgan fingerprint density at radius 1 is 1.12 bits per heavy atom. The van der Waals surface area contributed by atoms with Gasteiger partial charge in [0.15, 0.2) is 17.5 Å². The highest BCUT2D eigenvalue weighted by Crippen LogP contribution is 2.25. The van der Waals surface area contributed by atoms with Gasteiger partial charge >= 0.3 is 5.97 Å². The van der Waals surface area contributed by atoms with Gasteiger partial charge in [0.2, 0.25) is 5.43 Å². The zero-order valence-corrected chi connectivity index (χ0v) is 12.7. The Hall–Kier alpha value is -3.29. The van der Waals surface area contributed by atoms with Gasteiger partial charge in [-0.05, 0) is 30.3 Å². The van der Waals surface area contributed by atoms with Gasteiger partial charge in [-0.15, -0.1) is 0 Å². The number of pyridine rings is 1. The molecule has 0 spiro atoms. The second kappa shape index (κ2) is 5.97. The van der Waals surface area contributed by atoms with Crippen LogP contribution in [0.2, 0.25) is 0 Å². The minimum Gasteiger partial charge on any atom is -0.497 e. The van der Waals surface area contributed by atoms with E-state index in [9.17, 15) is 27.9 Å². The summed E-state index contributed by atoms with van der Waals surface area (Å²) in [6.45, 7) is 0. The van der Waals surface area contributed by atoms with E-state index in [2.05, 4.69) is 0 Å². The van der Waals surface area contributed by atoms with Crippen molar-refractivity contribution in [1.82, 2.24) is 4.57 Å². The second-order valence-electron chi connectivity index (χ2n) is 5.13. The Morgan fingerprint density at radius 2 is 1.76 bits per heavy atom. The van der Waals surface area contributed by atoms with Gasteiger partial charge in [-0.3, -0.25) is 4.79 Å². The van der Waals surface area contributed by atoms with E-state index in [-0.39, 0.29) is 5.69 Å². The Kier molecular flexibility index (Phi) is 3.96. The fraction of sp³-hybridized carbons (Fsp3) is 0.0588. The first-order valence-corrected chi connectivity index (χ1v) is 6.95. The summed E-state index contributed by atoms with van der Waals surface area (Å²) in [4.78, 5) is 23.5. The molecule has 0 saturated heterocycles. The van der Waals surface area contributed by atoms with Crippen molar-refractivity contribution in [1.29, 1.82) is 0 Å². The van der Waals surface area contributed by atoms with Gasteiger partial charge in [0.05, 0.1) is 18.0 Å². The number of hydrogen-bond donors (Lipinski definition) is 1. The van der Waals surface area contributed by atoms with E-state index in [1.165, 1.54) is 31.4 Å². The predicted molar refractivity (Wildman–Crippen MR) is 82.9 cm³/mol. The maximum Gasteiger partial charge on any atom is 0.341 e. The first-order chi connectivity index (χ1) is 11.8. The van der Waals surface area contributed by atoms with E-state index < -0.39 is 45.3 Å². The lowest BCUT2D eigenvalue weighted by molar-refractivity contribution is 0.0695. The average Bonchev–Trinajstić information content (AvgIpc) is 2.60. The molecule has 0 radical (unpaired) electrons. The van der Waals surface area contributed by atoms with Gasteiger partial charge in [-0.1, -0.05) is 0 Å². The molecule has 1 aromatic heterocycles. The van der Waals surface area contributed by atoms with E-state index in [1.807, 2.05) is 0 Å². The van der Waals surface area contributed by atoms with E-state index in [0.29, 0.717) is 11.8 Å². The van der Waals surface area contributed by atoms with Gasteiger partial charge in [0.1, 0.15) is 11.3 Å². The summed E-state index contributed by atoms with van der Waals surface area (Å²) in [5.41, 5.74) is -2.13. The molecule has 0 aliphatic heterocycles. The largest absolute Gasteiger partial charge is 0.497 e.